The molecule has 3 aliphatic heterocycles. The molecule has 0 aromatic rings. The summed E-state index contributed by atoms with van der Waals surface area (Å²) in [5.41, 5.74) is 0. The first kappa shape index (κ1) is 27.9. The van der Waals surface area contributed by atoms with Crippen LogP contribution < -0.4 is 0 Å². The lowest BCUT2D eigenvalue weighted by Crippen LogP contribution is -2.64. The van der Waals surface area contributed by atoms with E-state index in [4.69, 9.17) is 28.8 Å². The van der Waals surface area contributed by atoms with E-state index >= 15 is 0 Å². The number of aliphatic hydroxyl groups is 11. The smallest absolute Gasteiger partial charge is 0.219 e. The summed E-state index contributed by atoms with van der Waals surface area (Å²) in [6.07, 6.45) is -21.2. The van der Waals surface area contributed by atoms with Gasteiger partial charge in [-0.3, -0.25) is 0 Å². The molecule has 3 aliphatic rings. The van der Waals surface area contributed by atoms with E-state index in [1.807, 2.05) is 0 Å². The Balaban J connectivity index is 1.63. The first-order valence-corrected chi connectivity index (χ1v) is 10.6. The average molecular weight is 504 g/mol. The molecular weight excluding hydrogens is 472 g/mol. The number of ether oxygens (including phenoxy) is 5. The molecule has 200 valence electrons. The van der Waals surface area contributed by atoms with E-state index in [9.17, 15) is 51.1 Å². The minimum absolute atomic E-state index is 0.578. The van der Waals surface area contributed by atoms with Crippen LogP contribution in [-0.2, 0) is 23.7 Å². The minimum Gasteiger partial charge on any atom is -0.394 e. The van der Waals surface area contributed by atoms with E-state index in [1.54, 1.807) is 0 Å². The molecule has 3 saturated heterocycles. The Morgan fingerprint density at radius 1 is 0.647 bits per heavy atom. The van der Waals surface area contributed by atoms with E-state index in [0.717, 1.165) is 0 Å². The largest absolute Gasteiger partial charge is 0.394 e. The fraction of sp³-hybridized carbons (Fsp3) is 1.00. The maximum atomic E-state index is 10.5. The Labute approximate surface area is 192 Å². The lowest BCUT2D eigenvalue weighted by molar-refractivity contribution is -0.361. The highest BCUT2D eigenvalue weighted by Crippen LogP contribution is 2.32. The molecule has 34 heavy (non-hydrogen) atoms. The van der Waals surface area contributed by atoms with Gasteiger partial charge in [0.1, 0.15) is 67.1 Å². The normalized spacial score (nSPS) is 52.1. The molecule has 3 fully saturated rings. The summed E-state index contributed by atoms with van der Waals surface area (Å²) in [6, 6.07) is 0. The van der Waals surface area contributed by atoms with Crippen LogP contribution in [0.4, 0.5) is 0 Å². The number of hydrogen-bond acceptors (Lipinski definition) is 16. The van der Waals surface area contributed by atoms with Gasteiger partial charge < -0.3 is 79.9 Å². The van der Waals surface area contributed by atoms with Crippen LogP contribution in [0.2, 0.25) is 0 Å². The van der Waals surface area contributed by atoms with Gasteiger partial charge in [-0.05, 0) is 0 Å². The molecule has 1 unspecified atom stereocenters. The average Bonchev–Trinajstić information content (AvgIpc) is 3.05. The summed E-state index contributed by atoms with van der Waals surface area (Å²) in [7, 11) is 0. The summed E-state index contributed by atoms with van der Waals surface area (Å²) < 4.78 is 26.3. The van der Waals surface area contributed by atoms with E-state index in [2.05, 4.69) is 0 Å². The highest BCUT2D eigenvalue weighted by molar-refractivity contribution is 4.97. The van der Waals surface area contributed by atoms with E-state index in [1.165, 1.54) is 0 Å². The predicted octanol–water partition coefficient (Wildman–Crippen LogP) is -7.57. The number of hydrogen-bond donors (Lipinski definition) is 11. The van der Waals surface area contributed by atoms with Crippen molar-refractivity contribution in [3.63, 3.8) is 0 Å². The van der Waals surface area contributed by atoms with Gasteiger partial charge in [-0.1, -0.05) is 0 Å². The number of aliphatic hydroxyl groups excluding tert-OH is 10. The molecule has 0 saturated carbocycles. The Kier molecular flexibility index (Phi) is 9.18. The summed E-state index contributed by atoms with van der Waals surface area (Å²) in [5, 5.41) is 109. The van der Waals surface area contributed by atoms with E-state index in [-0.39, 0.29) is 0 Å². The molecule has 16 nitrogen and oxygen atoms in total. The zero-order valence-corrected chi connectivity index (χ0v) is 17.8. The standard InChI is InChI=1S/C18H32O16/c19-1-5-8(22)10(24)12(26)17(31-5)33-14-6(2-20)32-16(13(27)11(14)25)30-3-7-9(23)15(28)18(29,4-21)34-7/h5-17,19-29H,1-4H2/t5-,6-,7-,8+,9-,10+,11-,12-,13-,14-,15+,16+,17+,18?/m1/s1. The lowest BCUT2D eigenvalue weighted by Gasteiger charge is -2.46. The minimum atomic E-state index is -2.43. The maximum Gasteiger partial charge on any atom is 0.219 e. The molecule has 11 N–H and O–H groups in total. The van der Waals surface area contributed by atoms with Crippen LogP contribution in [0.3, 0.4) is 0 Å². The van der Waals surface area contributed by atoms with Gasteiger partial charge in [0.2, 0.25) is 5.79 Å². The molecular formula is C18H32O16. The Hall–Kier alpha value is -0.640. The van der Waals surface area contributed by atoms with Gasteiger partial charge in [0.05, 0.1) is 26.4 Å². The monoisotopic (exact) mass is 504 g/mol. The third-order valence-electron chi connectivity index (χ3n) is 6.13. The SMILES string of the molecule is OC[C@H]1O[C@@H](O[C@H]2[C@H](O)[C@@H](O)[C@@H](OC[C@H]3OC(O)(CO)[C@@H](O)[C@@H]3O)O[C@@H]2CO)[C@H](O)[C@@H](O)[C@H]1O. The van der Waals surface area contributed by atoms with Gasteiger partial charge in [0, 0.05) is 0 Å². The third kappa shape index (κ3) is 5.23. The van der Waals surface area contributed by atoms with E-state index < -0.39 is 112 Å². The van der Waals surface area contributed by atoms with Crippen LogP contribution in [-0.4, -0.2) is 168 Å². The zero-order chi connectivity index (χ0) is 25.4. The first-order valence-electron chi connectivity index (χ1n) is 10.6. The summed E-state index contributed by atoms with van der Waals surface area (Å²) in [4.78, 5) is 0. The van der Waals surface area contributed by atoms with Gasteiger partial charge in [-0.15, -0.1) is 0 Å². The molecule has 0 aliphatic carbocycles. The number of rotatable bonds is 8. The molecule has 3 heterocycles. The molecule has 0 aromatic heterocycles. The van der Waals surface area contributed by atoms with Crippen LogP contribution in [0.25, 0.3) is 0 Å². The second kappa shape index (κ2) is 11.2. The molecule has 16 heteroatoms. The topological polar surface area (TPSA) is 269 Å². The second-order valence-corrected chi connectivity index (χ2v) is 8.43. The van der Waals surface area contributed by atoms with Gasteiger partial charge in [-0.2, -0.15) is 0 Å². The van der Waals surface area contributed by atoms with Crippen molar-refractivity contribution in [2.45, 2.75) is 85.5 Å². The Morgan fingerprint density at radius 3 is 1.79 bits per heavy atom. The second-order valence-electron chi connectivity index (χ2n) is 8.43. The fourth-order valence-corrected chi connectivity index (χ4v) is 4.02. The Bertz CT molecular complexity index is 651. The molecule has 3 rings (SSSR count). The third-order valence-corrected chi connectivity index (χ3v) is 6.13. The van der Waals surface area contributed by atoms with Crippen molar-refractivity contribution >= 4 is 0 Å². The van der Waals surface area contributed by atoms with Crippen LogP contribution in [0.1, 0.15) is 0 Å². The summed E-state index contributed by atoms with van der Waals surface area (Å²) >= 11 is 0. The van der Waals surface area contributed by atoms with Crippen molar-refractivity contribution < 1.29 is 79.9 Å². The van der Waals surface area contributed by atoms with Crippen LogP contribution in [0.15, 0.2) is 0 Å². The maximum absolute atomic E-state index is 10.5. The van der Waals surface area contributed by atoms with Crippen molar-refractivity contribution in [2.75, 3.05) is 26.4 Å². The van der Waals surface area contributed by atoms with Crippen molar-refractivity contribution in [3.05, 3.63) is 0 Å². The Morgan fingerprint density at radius 2 is 1.24 bits per heavy atom. The van der Waals surface area contributed by atoms with E-state index in [0.29, 0.717) is 0 Å². The van der Waals surface area contributed by atoms with Crippen molar-refractivity contribution in [1.82, 2.24) is 0 Å². The quantitative estimate of drug-likeness (QED) is 0.146. The van der Waals surface area contributed by atoms with Crippen molar-refractivity contribution in [3.8, 4) is 0 Å². The van der Waals surface area contributed by atoms with Crippen molar-refractivity contribution in [1.29, 1.82) is 0 Å². The fourth-order valence-electron chi connectivity index (χ4n) is 4.02. The zero-order valence-electron chi connectivity index (χ0n) is 17.8. The molecule has 0 radical (unpaired) electrons. The molecule has 0 amide bonds. The van der Waals surface area contributed by atoms with Gasteiger partial charge in [0.25, 0.3) is 0 Å². The predicted molar refractivity (Wildman–Crippen MR) is 101 cm³/mol. The molecule has 0 spiro atoms. The lowest BCUT2D eigenvalue weighted by atomic mass is 9.97. The first-order chi connectivity index (χ1) is 16.0. The van der Waals surface area contributed by atoms with Crippen molar-refractivity contribution in [2.24, 2.45) is 0 Å². The van der Waals surface area contributed by atoms with Gasteiger partial charge in [-0.25, -0.2) is 0 Å². The summed E-state index contributed by atoms with van der Waals surface area (Å²) in [6.45, 7) is -3.11. The molecule has 14 atom stereocenters. The van der Waals surface area contributed by atoms with Gasteiger partial charge in [0.15, 0.2) is 12.6 Å². The van der Waals surface area contributed by atoms with Crippen LogP contribution in [0.5, 0.6) is 0 Å². The molecule has 0 aromatic carbocycles. The van der Waals surface area contributed by atoms with Gasteiger partial charge >= 0.3 is 0 Å². The highest BCUT2D eigenvalue weighted by atomic mass is 16.7. The summed E-state index contributed by atoms with van der Waals surface area (Å²) in [5.74, 6) is -2.43. The highest BCUT2D eigenvalue weighted by Gasteiger charge is 2.54. The molecule has 0 bridgehead atoms. The van der Waals surface area contributed by atoms with Crippen LogP contribution in [0, 0.1) is 0 Å². The van der Waals surface area contributed by atoms with Crippen LogP contribution >= 0.6 is 0 Å².